The van der Waals surface area contributed by atoms with Crippen molar-refractivity contribution in [2.75, 3.05) is 37.7 Å². The van der Waals surface area contributed by atoms with Gasteiger partial charge in [0.15, 0.2) is 0 Å². The number of thioether (sulfide) groups is 1. The van der Waals surface area contributed by atoms with Crippen LogP contribution >= 0.6 is 11.8 Å². The number of nitrogens with two attached hydrogens (primary N) is 1. The number of rotatable bonds is 2. The van der Waals surface area contributed by atoms with Gasteiger partial charge in [-0.15, -0.1) is 0 Å². The molecule has 0 aromatic rings. The second kappa shape index (κ2) is 5.04. The Labute approximate surface area is 96.7 Å². The van der Waals surface area contributed by atoms with Crippen LogP contribution in [0.5, 0.6) is 0 Å². The highest BCUT2D eigenvalue weighted by molar-refractivity contribution is 7.99. The SMILES string of the molecule is CC1OCCC1(CN)N1CCCSCC1. The van der Waals surface area contributed by atoms with E-state index in [4.69, 9.17) is 10.5 Å². The number of nitrogens with zero attached hydrogens (tertiary/aromatic N) is 1. The van der Waals surface area contributed by atoms with Crippen LogP contribution in [0.2, 0.25) is 0 Å². The van der Waals surface area contributed by atoms with E-state index in [2.05, 4.69) is 23.6 Å². The predicted molar refractivity (Wildman–Crippen MR) is 65.3 cm³/mol. The van der Waals surface area contributed by atoms with Crippen LogP contribution in [0.3, 0.4) is 0 Å². The molecule has 2 aliphatic rings. The van der Waals surface area contributed by atoms with Crippen molar-refractivity contribution in [2.45, 2.75) is 31.4 Å². The van der Waals surface area contributed by atoms with Crippen molar-refractivity contribution in [3.05, 3.63) is 0 Å². The molecule has 2 rings (SSSR count). The van der Waals surface area contributed by atoms with Crippen molar-refractivity contribution in [1.82, 2.24) is 4.90 Å². The quantitative estimate of drug-likeness (QED) is 0.766. The third-order valence-corrected chi connectivity index (χ3v) is 4.91. The Morgan fingerprint density at radius 1 is 1.47 bits per heavy atom. The minimum Gasteiger partial charge on any atom is -0.376 e. The molecular formula is C11H22N2OS. The van der Waals surface area contributed by atoms with Gasteiger partial charge in [0.2, 0.25) is 0 Å². The molecule has 88 valence electrons. The molecule has 0 aromatic heterocycles. The molecule has 4 heteroatoms. The zero-order valence-electron chi connectivity index (χ0n) is 9.58. The Hall–Kier alpha value is 0.230. The van der Waals surface area contributed by atoms with Crippen molar-refractivity contribution >= 4 is 11.8 Å². The molecule has 2 unspecified atom stereocenters. The monoisotopic (exact) mass is 230 g/mol. The van der Waals surface area contributed by atoms with E-state index in [-0.39, 0.29) is 5.54 Å². The Morgan fingerprint density at radius 3 is 3.00 bits per heavy atom. The van der Waals surface area contributed by atoms with Gasteiger partial charge in [0, 0.05) is 25.4 Å². The molecule has 3 nitrogen and oxygen atoms in total. The summed E-state index contributed by atoms with van der Waals surface area (Å²) in [5, 5.41) is 0. The molecule has 15 heavy (non-hydrogen) atoms. The summed E-state index contributed by atoms with van der Waals surface area (Å²) in [6.07, 6.45) is 2.69. The number of hydrogen-bond donors (Lipinski definition) is 1. The third kappa shape index (κ3) is 2.18. The van der Waals surface area contributed by atoms with Crippen LogP contribution in [0.4, 0.5) is 0 Å². The van der Waals surface area contributed by atoms with Gasteiger partial charge in [-0.05, 0) is 32.1 Å². The van der Waals surface area contributed by atoms with Crippen LogP contribution in [0, 0.1) is 0 Å². The molecule has 2 N–H and O–H groups in total. The maximum absolute atomic E-state index is 6.01. The van der Waals surface area contributed by atoms with Crippen LogP contribution < -0.4 is 5.73 Å². The van der Waals surface area contributed by atoms with Crippen LogP contribution in [0.25, 0.3) is 0 Å². The first kappa shape index (κ1) is 11.7. The highest BCUT2D eigenvalue weighted by Gasteiger charge is 2.44. The standard InChI is InChI=1S/C11H22N2OS/c1-10-11(9-12,3-6-14-10)13-4-2-7-15-8-5-13/h10H,2-9,12H2,1H3. The highest BCUT2D eigenvalue weighted by atomic mass is 32.2. The first-order valence-corrected chi connectivity index (χ1v) is 7.09. The van der Waals surface area contributed by atoms with Gasteiger partial charge in [0.25, 0.3) is 0 Å². The Morgan fingerprint density at radius 2 is 2.33 bits per heavy atom. The van der Waals surface area contributed by atoms with Crippen LogP contribution in [0.1, 0.15) is 19.8 Å². The average molecular weight is 230 g/mol. The van der Waals surface area contributed by atoms with Crippen molar-refractivity contribution in [1.29, 1.82) is 0 Å². The van der Waals surface area contributed by atoms with Gasteiger partial charge in [0.1, 0.15) is 0 Å². The molecule has 0 radical (unpaired) electrons. The maximum atomic E-state index is 6.01. The van der Waals surface area contributed by atoms with Crippen molar-refractivity contribution in [3.63, 3.8) is 0 Å². The fourth-order valence-electron chi connectivity index (χ4n) is 2.77. The molecule has 0 aliphatic carbocycles. The third-order valence-electron chi connectivity index (χ3n) is 3.87. The van der Waals surface area contributed by atoms with E-state index in [1.165, 1.54) is 31.0 Å². The molecule has 0 spiro atoms. The topological polar surface area (TPSA) is 38.5 Å². The van der Waals surface area contributed by atoms with E-state index in [9.17, 15) is 0 Å². The molecule has 2 fully saturated rings. The van der Waals surface area contributed by atoms with Crippen LogP contribution in [-0.4, -0.2) is 54.3 Å². The van der Waals surface area contributed by atoms with E-state index in [1.807, 2.05) is 0 Å². The molecular weight excluding hydrogens is 208 g/mol. The summed E-state index contributed by atoms with van der Waals surface area (Å²) in [5.74, 6) is 2.54. The first-order valence-electron chi connectivity index (χ1n) is 5.94. The van der Waals surface area contributed by atoms with Gasteiger partial charge in [-0.3, -0.25) is 4.90 Å². The summed E-state index contributed by atoms with van der Waals surface area (Å²) < 4.78 is 5.73. The second-order valence-electron chi connectivity index (χ2n) is 4.52. The predicted octanol–water partition coefficient (Wildman–Crippen LogP) is 0.932. The largest absolute Gasteiger partial charge is 0.376 e. The van der Waals surface area contributed by atoms with Gasteiger partial charge < -0.3 is 10.5 Å². The van der Waals surface area contributed by atoms with Crippen molar-refractivity contribution in [3.8, 4) is 0 Å². The minimum absolute atomic E-state index is 0.130. The minimum atomic E-state index is 0.130. The van der Waals surface area contributed by atoms with Crippen molar-refractivity contribution < 1.29 is 4.74 Å². The van der Waals surface area contributed by atoms with Gasteiger partial charge in [-0.1, -0.05) is 0 Å². The van der Waals surface area contributed by atoms with E-state index < -0.39 is 0 Å². The lowest BCUT2D eigenvalue weighted by atomic mass is 9.89. The van der Waals surface area contributed by atoms with Crippen LogP contribution in [0.15, 0.2) is 0 Å². The van der Waals surface area contributed by atoms with E-state index >= 15 is 0 Å². The van der Waals surface area contributed by atoms with Gasteiger partial charge >= 0.3 is 0 Å². The Kier molecular flexibility index (Phi) is 3.93. The van der Waals surface area contributed by atoms with E-state index in [0.717, 1.165) is 19.6 Å². The zero-order valence-corrected chi connectivity index (χ0v) is 10.4. The summed E-state index contributed by atoms with van der Waals surface area (Å²) in [4.78, 5) is 2.59. The van der Waals surface area contributed by atoms with Gasteiger partial charge in [-0.25, -0.2) is 0 Å². The maximum Gasteiger partial charge on any atom is 0.0743 e. The molecule has 0 saturated carbocycles. The Balaban J connectivity index is 2.09. The molecule has 0 aromatic carbocycles. The molecule has 2 aliphatic heterocycles. The number of hydrogen-bond acceptors (Lipinski definition) is 4. The normalized spacial score (nSPS) is 39.2. The van der Waals surface area contributed by atoms with Crippen LogP contribution in [-0.2, 0) is 4.74 Å². The fraction of sp³-hybridized carbons (Fsp3) is 1.00. The lowest BCUT2D eigenvalue weighted by Crippen LogP contribution is -2.58. The summed E-state index contributed by atoms with van der Waals surface area (Å²) in [6, 6.07) is 0. The summed E-state index contributed by atoms with van der Waals surface area (Å²) in [7, 11) is 0. The first-order chi connectivity index (χ1) is 7.29. The molecule has 2 heterocycles. The summed E-state index contributed by atoms with van der Waals surface area (Å²) >= 11 is 2.07. The molecule has 2 saturated heterocycles. The Bertz CT molecular complexity index is 207. The second-order valence-corrected chi connectivity index (χ2v) is 5.75. The summed E-state index contributed by atoms with van der Waals surface area (Å²) in [5.41, 5.74) is 6.14. The molecule has 0 amide bonds. The molecule has 2 atom stereocenters. The highest BCUT2D eigenvalue weighted by Crippen LogP contribution is 2.32. The smallest absolute Gasteiger partial charge is 0.0743 e. The molecule has 0 bridgehead atoms. The van der Waals surface area contributed by atoms with Gasteiger partial charge in [0.05, 0.1) is 11.6 Å². The zero-order chi connectivity index (χ0) is 10.7. The van der Waals surface area contributed by atoms with E-state index in [1.54, 1.807) is 0 Å². The average Bonchev–Trinajstić information content (AvgIpc) is 2.49. The summed E-state index contributed by atoms with van der Waals surface area (Å²) in [6.45, 7) is 6.16. The van der Waals surface area contributed by atoms with E-state index in [0.29, 0.717) is 6.10 Å². The number of ether oxygens (including phenoxy) is 1. The lowest BCUT2D eigenvalue weighted by molar-refractivity contribution is 0.0184. The van der Waals surface area contributed by atoms with Crippen molar-refractivity contribution in [2.24, 2.45) is 5.73 Å². The lowest BCUT2D eigenvalue weighted by Gasteiger charge is -2.42. The fourth-order valence-corrected chi connectivity index (χ4v) is 3.66. The van der Waals surface area contributed by atoms with Gasteiger partial charge in [-0.2, -0.15) is 11.8 Å².